The van der Waals surface area contributed by atoms with Gasteiger partial charge >= 0.3 is 6.03 Å². The molecule has 1 aromatic rings. The molecular formula is C11H17N5OS2. The normalized spacial score (nSPS) is 11.2. The zero-order valence-corrected chi connectivity index (χ0v) is 13.3. The number of nitriles is 1. The van der Waals surface area contributed by atoms with Crippen LogP contribution in [0, 0.1) is 10.7 Å². The Morgan fingerprint density at radius 3 is 2.58 bits per heavy atom. The fourth-order valence-corrected chi connectivity index (χ4v) is 2.39. The third-order valence-electron chi connectivity index (χ3n) is 2.12. The molecule has 0 saturated heterocycles. The highest BCUT2D eigenvalue weighted by molar-refractivity contribution is 8.18. The zero-order chi connectivity index (χ0) is 14.6. The molecule has 1 heterocycles. The molecule has 1 rings (SSSR count). The smallest absolute Gasteiger partial charge is 0.329 e. The maximum atomic E-state index is 12.0. The number of carbonyl (C=O) groups excluding carboxylic acids is 1. The van der Waals surface area contributed by atoms with E-state index in [-0.39, 0.29) is 11.4 Å². The van der Waals surface area contributed by atoms with E-state index >= 15 is 0 Å². The Kier molecular flexibility index (Phi) is 5.26. The second-order valence-electron chi connectivity index (χ2n) is 5.05. The van der Waals surface area contributed by atoms with Gasteiger partial charge in [0.25, 0.3) is 0 Å². The van der Waals surface area contributed by atoms with E-state index in [9.17, 15) is 4.79 Å². The molecule has 6 nitrogen and oxygen atoms in total. The summed E-state index contributed by atoms with van der Waals surface area (Å²) in [6.45, 7) is 5.97. The van der Waals surface area contributed by atoms with E-state index in [1.165, 1.54) is 21.3 Å². The number of thiocyanates is 1. The van der Waals surface area contributed by atoms with Crippen LogP contribution in [-0.4, -0.2) is 44.9 Å². The van der Waals surface area contributed by atoms with Gasteiger partial charge in [-0.05, 0) is 11.8 Å². The van der Waals surface area contributed by atoms with Gasteiger partial charge in [0.05, 0.1) is 5.08 Å². The fourth-order valence-electron chi connectivity index (χ4n) is 1.13. The Hall–Kier alpha value is -1.20. The molecule has 0 bridgehead atoms. The van der Waals surface area contributed by atoms with Crippen molar-refractivity contribution in [1.29, 1.82) is 5.26 Å². The van der Waals surface area contributed by atoms with Gasteiger partial charge < -0.3 is 4.90 Å². The standard InChI is InChI=1S/C11H17N5OS2/c1-11(2,3)8-13-9(19-7-18-6-12)16(14-8)10(17)15(4)5/h7H2,1-5H3. The summed E-state index contributed by atoms with van der Waals surface area (Å²) in [6.07, 6.45) is 0. The first-order chi connectivity index (χ1) is 8.77. The molecule has 0 aliphatic rings. The molecule has 0 saturated carbocycles. The third-order valence-corrected chi connectivity index (χ3v) is 3.72. The summed E-state index contributed by atoms with van der Waals surface area (Å²) in [4.78, 5) is 17.9. The van der Waals surface area contributed by atoms with Crippen molar-refractivity contribution in [3.05, 3.63) is 5.82 Å². The molecule has 104 valence electrons. The van der Waals surface area contributed by atoms with E-state index in [1.807, 2.05) is 26.2 Å². The molecule has 0 unspecified atom stereocenters. The maximum absolute atomic E-state index is 12.0. The molecule has 1 amide bonds. The molecule has 0 radical (unpaired) electrons. The SMILES string of the molecule is CN(C)C(=O)n1nc(C(C)(C)C)nc1SCSC#N. The van der Waals surface area contributed by atoms with Crippen molar-refractivity contribution in [2.75, 3.05) is 19.2 Å². The monoisotopic (exact) mass is 299 g/mol. The van der Waals surface area contributed by atoms with Gasteiger partial charge in [0.1, 0.15) is 5.40 Å². The lowest BCUT2D eigenvalue weighted by Crippen LogP contribution is -2.29. The largest absolute Gasteiger partial charge is 0.346 e. The van der Waals surface area contributed by atoms with Crippen LogP contribution in [-0.2, 0) is 5.41 Å². The molecule has 8 heteroatoms. The van der Waals surface area contributed by atoms with E-state index < -0.39 is 0 Å². The molecule has 0 aliphatic carbocycles. The van der Waals surface area contributed by atoms with E-state index in [0.717, 1.165) is 11.8 Å². The highest BCUT2D eigenvalue weighted by atomic mass is 32.2. The van der Waals surface area contributed by atoms with Gasteiger partial charge in [0, 0.05) is 19.5 Å². The highest BCUT2D eigenvalue weighted by Crippen LogP contribution is 2.25. The lowest BCUT2D eigenvalue weighted by molar-refractivity contribution is 0.213. The van der Waals surface area contributed by atoms with Gasteiger partial charge in [0.2, 0.25) is 0 Å². The van der Waals surface area contributed by atoms with Crippen molar-refractivity contribution >= 4 is 29.6 Å². The summed E-state index contributed by atoms with van der Waals surface area (Å²) >= 11 is 2.45. The summed E-state index contributed by atoms with van der Waals surface area (Å²) in [6, 6.07) is -0.243. The van der Waals surface area contributed by atoms with Crippen LogP contribution in [0.1, 0.15) is 26.6 Å². The Morgan fingerprint density at radius 1 is 1.47 bits per heavy atom. The number of rotatable bonds is 3. The summed E-state index contributed by atoms with van der Waals surface area (Å²) in [7, 11) is 3.33. The van der Waals surface area contributed by atoms with Gasteiger partial charge in [0.15, 0.2) is 11.0 Å². The first kappa shape index (κ1) is 15.9. The minimum Gasteiger partial charge on any atom is -0.329 e. The zero-order valence-electron chi connectivity index (χ0n) is 11.7. The lowest BCUT2D eigenvalue weighted by atomic mass is 9.96. The highest BCUT2D eigenvalue weighted by Gasteiger charge is 2.25. The Bertz CT molecular complexity index is 498. The molecule has 0 aromatic carbocycles. The van der Waals surface area contributed by atoms with E-state index in [4.69, 9.17) is 5.26 Å². The maximum Gasteiger partial charge on any atom is 0.346 e. The predicted octanol–water partition coefficient (Wildman–Crippen LogP) is 2.37. The molecule has 0 spiro atoms. The summed E-state index contributed by atoms with van der Waals surface area (Å²) in [5.74, 6) is 0.618. The third kappa shape index (κ3) is 4.14. The average Bonchev–Trinajstić information content (AvgIpc) is 2.72. The molecule has 19 heavy (non-hydrogen) atoms. The number of thioether (sulfide) groups is 2. The Morgan fingerprint density at radius 2 is 2.11 bits per heavy atom. The van der Waals surface area contributed by atoms with E-state index in [1.54, 1.807) is 14.1 Å². The van der Waals surface area contributed by atoms with Crippen LogP contribution in [0.4, 0.5) is 4.79 Å². The second-order valence-corrected chi connectivity index (χ2v) is 7.12. The molecule has 0 atom stereocenters. The van der Waals surface area contributed by atoms with E-state index in [0.29, 0.717) is 16.1 Å². The number of hydrogen-bond donors (Lipinski definition) is 0. The van der Waals surface area contributed by atoms with Gasteiger partial charge in [-0.3, -0.25) is 0 Å². The van der Waals surface area contributed by atoms with Crippen LogP contribution in [0.2, 0.25) is 0 Å². The fraction of sp³-hybridized carbons (Fsp3) is 0.636. The minimum atomic E-state index is -0.243. The topological polar surface area (TPSA) is 74.8 Å². The second kappa shape index (κ2) is 6.30. The first-order valence-electron chi connectivity index (χ1n) is 5.60. The quantitative estimate of drug-likeness (QED) is 0.369. The number of hydrogen-bond acceptors (Lipinski definition) is 6. The van der Waals surface area contributed by atoms with Crippen molar-refractivity contribution in [3.63, 3.8) is 0 Å². The molecule has 1 aromatic heterocycles. The van der Waals surface area contributed by atoms with Crippen molar-refractivity contribution in [2.45, 2.75) is 31.3 Å². The van der Waals surface area contributed by atoms with Crippen molar-refractivity contribution < 1.29 is 4.79 Å². The van der Waals surface area contributed by atoms with Crippen molar-refractivity contribution in [1.82, 2.24) is 19.7 Å². The van der Waals surface area contributed by atoms with Crippen LogP contribution in [0.15, 0.2) is 5.16 Å². The molecule has 0 aliphatic heterocycles. The van der Waals surface area contributed by atoms with Gasteiger partial charge in [-0.15, -0.1) is 5.10 Å². The molecular weight excluding hydrogens is 282 g/mol. The number of nitrogens with zero attached hydrogens (tertiary/aromatic N) is 5. The van der Waals surface area contributed by atoms with Gasteiger partial charge in [-0.2, -0.15) is 9.94 Å². The van der Waals surface area contributed by atoms with Gasteiger partial charge in [-0.1, -0.05) is 32.5 Å². The van der Waals surface area contributed by atoms with Crippen molar-refractivity contribution in [2.24, 2.45) is 0 Å². The summed E-state index contributed by atoms with van der Waals surface area (Å²) in [5, 5.41) is 15.8. The van der Waals surface area contributed by atoms with Crippen LogP contribution < -0.4 is 0 Å². The number of aromatic nitrogens is 3. The van der Waals surface area contributed by atoms with Crippen LogP contribution in [0.5, 0.6) is 0 Å². The lowest BCUT2D eigenvalue weighted by Gasteiger charge is -2.13. The van der Waals surface area contributed by atoms with Crippen LogP contribution >= 0.6 is 23.5 Å². The Balaban J connectivity index is 3.08. The van der Waals surface area contributed by atoms with Crippen molar-refractivity contribution in [3.8, 4) is 5.40 Å². The predicted molar refractivity (Wildman–Crippen MR) is 77.1 cm³/mol. The van der Waals surface area contributed by atoms with Crippen LogP contribution in [0.3, 0.4) is 0 Å². The number of carbonyl (C=O) groups is 1. The number of amides is 1. The summed E-state index contributed by atoms with van der Waals surface area (Å²) < 4.78 is 1.29. The van der Waals surface area contributed by atoms with Crippen LogP contribution in [0.25, 0.3) is 0 Å². The summed E-state index contributed by atoms with van der Waals surface area (Å²) in [5.41, 5.74) is -0.227. The molecule has 0 N–H and O–H groups in total. The van der Waals surface area contributed by atoms with Gasteiger partial charge in [-0.25, -0.2) is 9.78 Å². The van der Waals surface area contributed by atoms with E-state index in [2.05, 4.69) is 10.1 Å². The first-order valence-corrected chi connectivity index (χ1v) is 7.57. The minimum absolute atomic E-state index is 0.227. The average molecular weight is 299 g/mol. The molecule has 0 fully saturated rings. The Labute approximate surface area is 121 Å².